The third-order valence-corrected chi connectivity index (χ3v) is 7.21. The Morgan fingerprint density at radius 3 is 2.62 bits per heavy atom. The third-order valence-electron chi connectivity index (χ3n) is 5.17. The number of halogens is 1. The van der Waals surface area contributed by atoms with Crippen LogP contribution in [0.25, 0.3) is 15.9 Å². The van der Waals surface area contributed by atoms with Crippen molar-refractivity contribution < 1.29 is 9.18 Å². The lowest BCUT2D eigenvalue weighted by molar-refractivity contribution is -0.118. The molecule has 0 saturated heterocycles. The second-order valence-electron chi connectivity index (χ2n) is 7.53. The van der Waals surface area contributed by atoms with Crippen molar-refractivity contribution in [3.63, 3.8) is 0 Å². The number of fused-ring (bicyclic) bond motifs is 1. The molecule has 5 nitrogen and oxygen atoms in total. The van der Waals surface area contributed by atoms with Crippen LogP contribution in [0.1, 0.15) is 21.6 Å². The van der Waals surface area contributed by atoms with Crippen molar-refractivity contribution in [2.75, 3.05) is 5.75 Å². The molecule has 2 aromatic heterocycles. The summed E-state index contributed by atoms with van der Waals surface area (Å²) in [6, 6.07) is 13.7. The van der Waals surface area contributed by atoms with Crippen molar-refractivity contribution in [2.24, 2.45) is 0 Å². The van der Waals surface area contributed by atoms with Crippen molar-refractivity contribution in [2.45, 2.75) is 32.5 Å². The van der Waals surface area contributed by atoms with E-state index in [2.05, 4.69) is 5.32 Å². The second-order valence-corrected chi connectivity index (χ2v) is 9.67. The summed E-state index contributed by atoms with van der Waals surface area (Å²) in [5.41, 5.74) is 3.38. The number of carbonyl (C=O) groups is 1. The number of thioether (sulfide) groups is 1. The summed E-state index contributed by atoms with van der Waals surface area (Å²) in [4.78, 5) is 32.4. The van der Waals surface area contributed by atoms with Crippen LogP contribution < -0.4 is 10.9 Å². The van der Waals surface area contributed by atoms with Crippen LogP contribution in [0.2, 0.25) is 0 Å². The van der Waals surface area contributed by atoms with Gasteiger partial charge in [-0.25, -0.2) is 9.37 Å². The molecule has 2 heterocycles. The minimum Gasteiger partial charge on any atom is -0.351 e. The number of benzene rings is 2. The molecule has 0 atom stereocenters. The van der Waals surface area contributed by atoms with Crippen molar-refractivity contribution >= 4 is 39.2 Å². The topological polar surface area (TPSA) is 64.0 Å². The molecule has 32 heavy (non-hydrogen) atoms. The molecule has 1 N–H and O–H groups in total. The molecule has 1 amide bonds. The Labute approximate surface area is 193 Å². The van der Waals surface area contributed by atoms with Gasteiger partial charge in [0, 0.05) is 11.4 Å². The first-order chi connectivity index (χ1) is 15.3. The van der Waals surface area contributed by atoms with Gasteiger partial charge >= 0.3 is 0 Å². The monoisotopic (exact) mass is 467 g/mol. The summed E-state index contributed by atoms with van der Waals surface area (Å²) >= 11 is 2.71. The zero-order valence-electron chi connectivity index (χ0n) is 17.9. The zero-order valence-corrected chi connectivity index (χ0v) is 19.6. The largest absolute Gasteiger partial charge is 0.351 e. The molecule has 0 aliphatic heterocycles. The van der Waals surface area contributed by atoms with Crippen molar-refractivity contribution in [3.8, 4) is 5.69 Å². The molecule has 8 heteroatoms. The number of hydrogen-bond acceptors (Lipinski definition) is 5. The molecule has 0 aliphatic rings. The van der Waals surface area contributed by atoms with Gasteiger partial charge < -0.3 is 5.32 Å². The van der Waals surface area contributed by atoms with E-state index in [0.29, 0.717) is 21.9 Å². The van der Waals surface area contributed by atoms with Crippen LogP contribution in [0, 0.1) is 26.6 Å². The van der Waals surface area contributed by atoms with Crippen LogP contribution in [0.15, 0.2) is 58.5 Å². The fourth-order valence-corrected chi connectivity index (χ4v) is 5.26. The molecular weight excluding hydrogens is 445 g/mol. The van der Waals surface area contributed by atoms with E-state index in [1.54, 1.807) is 16.7 Å². The molecule has 4 aromatic rings. The van der Waals surface area contributed by atoms with Crippen LogP contribution in [-0.2, 0) is 11.3 Å². The highest BCUT2D eigenvalue weighted by Gasteiger charge is 2.19. The average Bonchev–Trinajstić information content (AvgIpc) is 3.05. The van der Waals surface area contributed by atoms with E-state index >= 15 is 0 Å². The predicted octanol–water partition coefficient (Wildman–Crippen LogP) is 4.92. The number of nitrogens with one attached hydrogen (secondary N) is 1. The summed E-state index contributed by atoms with van der Waals surface area (Å²) in [6.07, 6.45) is 0. The number of aromatic nitrogens is 2. The van der Waals surface area contributed by atoms with E-state index in [-0.39, 0.29) is 23.0 Å². The van der Waals surface area contributed by atoms with Gasteiger partial charge in [-0.1, -0.05) is 36.0 Å². The Bertz CT molecular complexity index is 1360. The highest BCUT2D eigenvalue weighted by atomic mass is 32.2. The standard InChI is InChI=1S/C24H22FN3O2S2/c1-14-5-4-6-19(11-14)28-23(30)21-15(2)16(3)32-22(21)27-24(28)31-13-20(29)26-12-17-7-9-18(25)10-8-17/h4-11H,12-13H2,1-3H3,(H,26,29). The van der Waals surface area contributed by atoms with Gasteiger partial charge in [0.25, 0.3) is 5.56 Å². The summed E-state index contributed by atoms with van der Waals surface area (Å²) in [7, 11) is 0. The highest BCUT2D eigenvalue weighted by Crippen LogP contribution is 2.29. The van der Waals surface area contributed by atoms with Gasteiger partial charge in [0.05, 0.1) is 16.8 Å². The maximum Gasteiger partial charge on any atom is 0.267 e. The van der Waals surface area contributed by atoms with Gasteiger partial charge in [0.2, 0.25) is 5.91 Å². The fraction of sp³-hybridized carbons (Fsp3) is 0.208. The van der Waals surface area contributed by atoms with E-state index in [1.165, 1.54) is 35.2 Å². The van der Waals surface area contributed by atoms with Gasteiger partial charge in [-0.3, -0.25) is 14.2 Å². The van der Waals surface area contributed by atoms with Crippen LogP contribution in [0.4, 0.5) is 4.39 Å². The van der Waals surface area contributed by atoms with Gasteiger partial charge in [-0.15, -0.1) is 11.3 Å². The number of nitrogens with zero attached hydrogens (tertiary/aromatic N) is 2. The van der Waals surface area contributed by atoms with E-state index in [9.17, 15) is 14.0 Å². The maximum absolute atomic E-state index is 13.5. The number of amides is 1. The normalized spacial score (nSPS) is 11.1. The quantitative estimate of drug-likeness (QED) is 0.323. The first-order valence-corrected chi connectivity index (χ1v) is 11.9. The van der Waals surface area contributed by atoms with Crippen LogP contribution in [0.5, 0.6) is 0 Å². The summed E-state index contributed by atoms with van der Waals surface area (Å²) in [5.74, 6) is -0.401. The summed E-state index contributed by atoms with van der Waals surface area (Å²) in [6.45, 7) is 6.19. The molecule has 0 saturated carbocycles. The molecule has 0 unspecified atom stereocenters. The first kappa shape index (κ1) is 22.2. The molecule has 164 valence electrons. The Hall–Kier alpha value is -2.97. The minimum atomic E-state index is -0.315. The summed E-state index contributed by atoms with van der Waals surface area (Å²) in [5, 5.41) is 3.93. The Balaban J connectivity index is 1.62. The SMILES string of the molecule is Cc1cccc(-n2c(SCC(=O)NCc3ccc(F)cc3)nc3sc(C)c(C)c3c2=O)c1. The average molecular weight is 468 g/mol. The Kier molecular flexibility index (Phi) is 6.43. The summed E-state index contributed by atoms with van der Waals surface area (Å²) < 4.78 is 14.6. The first-order valence-electron chi connectivity index (χ1n) is 10.1. The lowest BCUT2D eigenvalue weighted by atomic mass is 10.2. The number of carbonyl (C=O) groups excluding carboxylic acids is 1. The van der Waals surface area contributed by atoms with Crippen molar-refractivity contribution in [3.05, 3.63) is 86.3 Å². The van der Waals surface area contributed by atoms with Crippen molar-refractivity contribution in [1.82, 2.24) is 14.9 Å². The zero-order chi connectivity index (χ0) is 22.8. The molecule has 0 radical (unpaired) electrons. The van der Waals surface area contributed by atoms with E-state index in [4.69, 9.17) is 4.98 Å². The third kappa shape index (κ3) is 4.61. The minimum absolute atomic E-state index is 0.105. The fourth-order valence-electron chi connectivity index (χ4n) is 3.35. The smallest absolute Gasteiger partial charge is 0.267 e. The maximum atomic E-state index is 13.5. The van der Waals surface area contributed by atoms with Crippen LogP contribution in [0.3, 0.4) is 0 Å². The second kappa shape index (κ2) is 9.26. The molecule has 2 aromatic carbocycles. The van der Waals surface area contributed by atoms with Crippen LogP contribution >= 0.6 is 23.1 Å². The van der Waals surface area contributed by atoms with Crippen molar-refractivity contribution in [1.29, 1.82) is 0 Å². The van der Waals surface area contributed by atoms with E-state index < -0.39 is 0 Å². The van der Waals surface area contributed by atoms with E-state index in [0.717, 1.165) is 27.3 Å². The molecule has 0 fully saturated rings. The molecule has 0 spiro atoms. The lowest BCUT2D eigenvalue weighted by Crippen LogP contribution is -2.26. The van der Waals surface area contributed by atoms with Gasteiger partial charge in [-0.05, 0) is 61.7 Å². The Morgan fingerprint density at radius 1 is 1.16 bits per heavy atom. The van der Waals surface area contributed by atoms with E-state index in [1.807, 2.05) is 45.0 Å². The number of aryl methyl sites for hydroxylation is 3. The highest BCUT2D eigenvalue weighted by molar-refractivity contribution is 7.99. The molecule has 0 aliphatic carbocycles. The van der Waals surface area contributed by atoms with Gasteiger partial charge in [0.15, 0.2) is 5.16 Å². The number of rotatable bonds is 6. The number of thiophene rings is 1. The predicted molar refractivity (Wildman–Crippen MR) is 128 cm³/mol. The van der Waals surface area contributed by atoms with Gasteiger partial charge in [-0.2, -0.15) is 0 Å². The molecule has 4 rings (SSSR count). The van der Waals surface area contributed by atoms with Crippen LogP contribution in [-0.4, -0.2) is 21.2 Å². The lowest BCUT2D eigenvalue weighted by Gasteiger charge is -2.13. The molecular formula is C24H22FN3O2S2. The van der Waals surface area contributed by atoms with Gasteiger partial charge in [0.1, 0.15) is 10.6 Å². The number of hydrogen-bond donors (Lipinski definition) is 1. The molecule has 0 bridgehead atoms. The Morgan fingerprint density at radius 2 is 1.91 bits per heavy atom.